The minimum Gasteiger partial charge on any atom is -0.432 e. The van der Waals surface area contributed by atoms with Crippen molar-refractivity contribution >= 4 is 12.4 Å². The van der Waals surface area contributed by atoms with E-state index in [2.05, 4.69) is 29.7 Å². The van der Waals surface area contributed by atoms with Gasteiger partial charge in [0.25, 0.3) is 0 Å². The standard InChI is InChI=1S/C18H22F3N5O.ClH/c19-14-9-12(1-2-15(14)27-18(20)21)11-25-6-3-13(4-7-25)17-24-23-16-10-22-5-8-26(16)17;/h1-2,9,13,18,22H,3-8,10-11H2;1H. The van der Waals surface area contributed by atoms with E-state index in [1.807, 2.05) is 0 Å². The number of nitrogens with zero attached hydrogens (tertiary/aromatic N) is 4. The minimum atomic E-state index is -3.02. The van der Waals surface area contributed by atoms with Gasteiger partial charge in [-0.25, -0.2) is 4.39 Å². The predicted octanol–water partition coefficient (Wildman–Crippen LogP) is 2.92. The largest absolute Gasteiger partial charge is 0.432 e. The zero-order valence-corrected chi connectivity index (χ0v) is 16.1. The van der Waals surface area contributed by atoms with Gasteiger partial charge in [0.1, 0.15) is 11.6 Å². The molecule has 4 rings (SSSR count). The highest BCUT2D eigenvalue weighted by Crippen LogP contribution is 2.29. The van der Waals surface area contributed by atoms with Crippen LogP contribution in [0.5, 0.6) is 5.75 Å². The lowest BCUT2D eigenvalue weighted by Gasteiger charge is -2.32. The number of ether oxygens (including phenoxy) is 1. The Bertz CT molecular complexity index is 796. The lowest BCUT2D eigenvalue weighted by Crippen LogP contribution is -2.34. The van der Waals surface area contributed by atoms with Crippen molar-refractivity contribution in [2.75, 3.05) is 19.6 Å². The van der Waals surface area contributed by atoms with E-state index in [9.17, 15) is 13.2 Å². The van der Waals surface area contributed by atoms with Crippen LogP contribution >= 0.6 is 12.4 Å². The molecular weight excluding hydrogens is 395 g/mol. The smallest absolute Gasteiger partial charge is 0.387 e. The SMILES string of the molecule is Cl.Fc1cc(CN2CCC(c3nnc4n3CCNC4)CC2)ccc1OC(F)F. The zero-order valence-electron chi connectivity index (χ0n) is 15.3. The van der Waals surface area contributed by atoms with E-state index in [0.717, 1.165) is 62.8 Å². The number of benzene rings is 1. The van der Waals surface area contributed by atoms with E-state index < -0.39 is 18.2 Å². The lowest BCUT2D eigenvalue weighted by molar-refractivity contribution is -0.0522. The van der Waals surface area contributed by atoms with Crippen LogP contribution in [0, 0.1) is 5.82 Å². The number of alkyl halides is 2. The highest BCUT2D eigenvalue weighted by molar-refractivity contribution is 5.85. The fourth-order valence-electron chi connectivity index (χ4n) is 3.86. The molecule has 0 unspecified atom stereocenters. The first-order valence-corrected chi connectivity index (χ1v) is 9.18. The molecule has 1 aromatic carbocycles. The molecule has 0 bridgehead atoms. The average Bonchev–Trinajstić information content (AvgIpc) is 3.08. The Hall–Kier alpha value is -1.84. The molecule has 1 aromatic heterocycles. The van der Waals surface area contributed by atoms with Crippen LogP contribution in [0.15, 0.2) is 18.2 Å². The van der Waals surface area contributed by atoms with Gasteiger partial charge in [-0.1, -0.05) is 6.07 Å². The Morgan fingerprint density at radius 1 is 1.18 bits per heavy atom. The van der Waals surface area contributed by atoms with Crippen LogP contribution in [0.4, 0.5) is 13.2 Å². The van der Waals surface area contributed by atoms with Gasteiger partial charge >= 0.3 is 6.61 Å². The van der Waals surface area contributed by atoms with Crippen molar-refractivity contribution in [3.63, 3.8) is 0 Å². The number of rotatable bonds is 5. The normalized spacial score (nSPS) is 18.0. The number of nitrogens with one attached hydrogen (secondary N) is 1. The Morgan fingerprint density at radius 2 is 1.96 bits per heavy atom. The Kier molecular flexibility index (Phi) is 6.79. The number of halogens is 4. The molecule has 2 aromatic rings. The van der Waals surface area contributed by atoms with Crippen molar-refractivity contribution in [1.82, 2.24) is 25.0 Å². The Balaban J connectivity index is 0.00000225. The molecule has 2 aliphatic rings. The van der Waals surface area contributed by atoms with Gasteiger partial charge in [-0.3, -0.25) is 4.90 Å². The summed E-state index contributed by atoms with van der Waals surface area (Å²) >= 11 is 0. The molecule has 1 saturated heterocycles. The van der Waals surface area contributed by atoms with Crippen molar-refractivity contribution < 1.29 is 17.9 Å². The third-order valence-electron chi connectivity index (χ3n) is 5.22. The first kappa shape index (κ1) is 20.9. The molecule has 154 valence electrons. The molecule has 28 heavy (non-hydrogen) atoms. The molecule has 0 amide bonds. The maximum absolute atomic E-state index is 13.9. The molecule has 1 N–H and O–H groups in total. The monoisotopic (exact) mass is 417 g/mol. The van der Waals surface area contributed by atoms with E-state index in [-0.39, 0.29) is 12.4 Å². The Labute approximate surface area is 167 Å². The summed E-state index contributed by atoms with van der Waals surface area (Å²) < 4.78 is 44.7. The molecule has 0 aliphatic carbocycles. The fraction of sp³-hybridized carbons (Fsp3) is 0.556. The first-order chi connectivity index (χ1) is 13.1. The second-order valence-corrected chi connectivity index (χ2v) is 7.00. The summed E-state index contributed by atoms with van der Waals surface area (Å²) in [6.07, 6.45) is 1.95. The van der Waals surface area contributed by atoms with Crippen LogP contribution < -0.4 is 10.1 Å². The number of fused-ring (bicyclic) bond motifs is 1. The Morgan fingerprint density at radius 3 is 2.68 bits per heavy atom. The summed E-state index contributed by atoms with van der Waals surface area (Å²) in [5, 5.41) is 12.0. The van der Waals surface area contributed by atoms with Gasteiger partial charge in [-0.15, -0.1) is 22.6 Å². The zero-order chi connectivity index (χ0) is 18.8. The van der Waals surface area contributed by atoms with Crippen molar-refractivity contribution in [2.45, 2.75) is 45.0 Å². The van der Waals surface area contributed by atoms with Crippen LogP contribution in [0.25, 0.3) is 0 Å². The molecule has 0 saturated carbocycles. The molecule has 1 fully saturated rings. The van der Waals surface area contributed by atoms with Gasteiger partial charge in [0.2, 0.25) is 0 Å². The van der Waals surface area contributed by atoms with Crippen molar-refractivity contribution in [3.8, 4) is 5.75 Å². The third-order valence-corrected chi connectivity index (χ3v) is 5.22. The van der Waals surface area contributed by atoms with Crippen LogP contribution in [-0.4, -0.2) is 45.9 Å². The summed E-state index contributed by atoms with van der Waals surface area (Å²) in [7, 11) is 0. The maximum Gasteiger partial charge on any atom is 0.387 e. The number of aromatic nitrogens is 3. The van der Waals surface area contributed by atoms with Gasteiger partial charge in [-0.2, -0.15) is 8.78 Å². The predicted molar refractivity (Wildman–Crippen MR) is 99.3 cm³/mol. The van der Waals surface area contributed by atoms with E-state index in [4.69, 9.17) is 0 Å². The summed E-state index contributed by atoms with van der Waals surface area (Å²) in [6.45, 7) is 1.92. The topological polar surface area (TPSA) is 55.2 Å². The van der Waals surface area contributed by atoms with E-state index in [1.165, 1.54) is 12.1 Å². The molecule has 0 spiro atoms. The van der Waals surface area contributed by atoms with Crippen LogP contribution in [0.1, 0.15) is 36.0 Å². The number of piperidine rings is 1. The summed E-state index contributed by atoms with van der Waals surface area (Å²) in [4.78, 5) is 2.24. The highest BCUT2D eigenvalue weighted by atomic mass is 35.5. The second kappa shape index (κ2) is 9.11. The molecule has 0 radical (unpaired) electrons. The maximum atomic E-state index is 13.9. The highest BCUT2D eigenvalue weighted by Gasteiger charge is 2.27. The molecule has 2 aliphatic heterocycles. The average molecular weight is 418 g/mol. The van der Waals surface area contributed by atoms with E-state index in [1.54, 1.807) is 6.07 Å². The van der Waals surface area contributed by atoms with Gasteiger partial charge in [0.05, 0.1) is 6.54 Å². The quantitative estimate of drug-likeness (QED) is 0.810. The molecule has 10 heteroatoms. The van der Waals surface area contributed by atoms with Crippen LogP contribution in [-0.2, 0) is 19.6 Å². The van der Waals surface area contributed by atoms with Crippen molar-refractivity contribution in [2.24, 2.45) is 0 Å². The minimum absolute atomic E-state index is 0. The number of hydrogen-bond acceptors (Lipinski definition) is 5. The van der Waals surface area contributed by atoms with Crippen molar-refractivity contribution in [3.05, 3.63) is 41.2 Å². The molecule has 3 heterocycles. The second-order valence-electron chi connectivity index (χ2n) is 7.00. The number of likely N-dealkylation sites (tertiary alicyclic amines) is 1. The molecule has 0 atom stereocenters. The third kappa shape index (κ3) is 4.59. The van der Waals surface area contributed by atoms with Crippen LogP contribution in [0.2, 0.25) is 0 Å². The van der Waals surface area contributed by atoms with E-state index in [0.29, 0.717) is 12.5 Å². The molecule has 6 nitrogen and oxygen atoms in total. The molecular formula is C18H23ClF3N5O. The van der Waals surface area contributed by atoms with Gasteiger partial charge in [0, 0.05) is 25.6 Å². The summed E-state index contributed by atoms with van der Waals surface area (Å²) in [5.74, 6) is 1.29. The lowest BCUT2D eigenvalue weighted by atomic mass is 9.95. The fourth-order valence-corrected chi connectivity index (χ4v) is 3.86. The summed E-state index contributed by atoms with van der Waals surface area (Å²) in [6, 6.07) is 4.17. The van der Waals surface area contributed by atoms with Gasteiger partial charge in [-0.05, 0) is 43.6 Å². The first-order valence-electron chi connectivity index (χ1n) is 9.18. The van der Waals surface area contributed by atoms with Crippen LogP contribution in [0.3, 0.4) is 0 Å². The van der Waals surface area contributed by atoms with Gasteiger partial charge < -0.3 is 14.6 Å². The van der Waals surface area contributed by atoms with Crippen molar-refractivity contribution in [1.29, 1.82) is 0 Å². The van der Waals surface area contributed by atoms with Gasteiger partial charge in [0.15, 0.2) is 11.6 Å². The summed E-state index contributed by atoms with van der Waals surface area (Å²) in [5.41, 5.74) is 0.749. The van der Waals surface area contributed by atoms with E-state index >= 15 is 0 Å². The number of hydrogen-bond donors (Lipinski definition) is 1.